The zero-order chi connectivity index (χ0) is 21.8. The first-order valence-corrected chi connectivity index (χ1v) is 11.3. The van der Waals surface area contributed by atoms with Crippen molar-refractivity contribution in [3.05, 3.63) is 48.0 Å². The molecule has 0 spiro atoms. The summed E-state index contributed by atoms with van der Waals surface area (Å²) >= 11 is 0. The molecule has 0 saturated heterocycles. The van der Waals surface area contributed by atoms with Crippen LogP contribution in [0.3, 0.4) is 0 Å². The van der Waals surface area contributed by atoms with Crippen molar-refractivity contribution in [3.8, 4) is 22.6 Å². The molecule has 0 amide bonds. The van der Waals surface area contributed by atoms with Crippen molar-refractivity contribution in [1.29, 1.82) is 0 Å². The zero-order valence-corrected chi connectivity index (χ0v) is 18.7. The number of hydrogen-bond donors (Lipinski definition) is 1. The molecule has 0 saturated carbocycles. The van der Waals surface area contributed by atoms with Crippen LogP contribution in [0.4, 0.5) is 0 Å². The number of carbonyl (C=O) groups is 1. The lowest BCUT2D eigenvalue weighted by molar-refractivity contribution is 0.0697. The van der Waals surface area contributed by atoms with Crippen LogP contribution in [0, 0.1) is 5.92 Å². The Labute approximate surface area is 181 Å². The van der Waals surface area contributed by atoms with Gasteiger partial charge in [-0.25, -0.2) is 4.79 Å². The Balaban J connectivity index is 1.98. The number of hydrogen-bond acceptors (Lipinski definition) is 3. The van der Waals surface area contributed by atoms with Gasteiger partial charge in [0.05, 0.1) is 18.8 Å². The molecule has 2 aromatic rings. The molecule has 2 aromatic carbocycles. The van der Waals surface area contributed by atoms with E-state index in [4.69, 9.17) is 9.47 Å². The van der Waals surface area contributed by atoms with Crippen LogP contribution < -0.4 is 9.47 Å². The van der Waals surface area contributed by atoms with E-state index in [2.05, 4.69) is 20.8 Å². The van der Waals surface area contributed by atoms with E-state index >= 15 is 0 Å². The number of benzene rings is 2. The van der Waals surface area contributed by atoms with Gasteiger partial charge < -0.3 is 14.6 Å². The summed E-state index contributed by atoms with van der Waals surface area (Å²) in [7, 11) is 0. The standard InChI is InChI=1S/C26H36O4/c1-4-6-7-8-9-10-17-29-23-15-16-24(25(18-23)26(27)28)21-11-13-22(14-12-21)30-19-20(3)5-2/h11-16,18,20H,4-10,17,19H2,1-3H3,(H,27,28). The second-order valence-electron chi connectivity index (χ2n) is 7.98. The number of rotatable bonds is 14. The van der Waals surface area contributed by atoms with Crippen molar-refractivity contribution in [1.82, 2.24) is 0 Å². The molecule has 1 atom stereocenters. The molecule has 0 heterocycles. The zero-order valence-electron chi connectivity index (χ0n) is 18.7. The third kappa shape index (κ3) is 7.74. The lowest BCUT2D eigenvalue weighted by Crippen LogP contribution is -2.07. The molecule has 0 aliphatic heterocycles. The molecule has 0 fully saturated rings. The third-order valence-electron chi connectivity index (χ3n) is 5.38. The molecule has 4 heteroatoms. The molecule has 4 nitrogen and oxygen atoms in total. The van der Waals surface area contributed by atoms with Gasteiger partial charge in [0.25, 0.3) is 0 Å². The highest BCUT2D eigenvalue weighted by Crippen LogP contribution is 2.29. The third-order valence-corrected chi connectivity index (χ3v) is 5.38. The predicted octanol–water partition coefficient (Wildman–Crippen LogP) is 7.22. The van der Waals surface area contributed by atoms with Gasteiger partial charge in [-0.15, -0.1) is 0 Å². The van der Waals surface area contributed by atoms with E-state index in [1.165, 1.54) is 25.7 Å². The van der Waals surface area contributed by atoms with Gasteiger partial charge in [-0.2, -0.15) is 0 Å². The number of unbranched alkanes of at least 4 members (excludes halogenated alkanes) is 5. The van der Waals surface area contributed by atoms with Gasteiger partial charge in [0.2, 0.25) is 0 Å². The fourth-order valence-corrected chi connectivity index (χ4v) is 3.20. The van der Waals surface area contributed by atoms with Crippen molar-refractivity contribution in [2.24, 2.45) is 5.92 Å². The van der Waals surface area contributed by atoms with Crippen molar-refractivity contribution < 1.29 is 19.4 Å². The second-order valence-corrected chi connectivity index (χ2v) is 7.98. The Morgan fingerprint density at radius 3 is 2.23 bits per heavy atom. The van der Waals surface area contributed by atoms with E-state index in [-0.39, 0.29) is 5.56 Å². The van der Waals surface area contributed by atoms with Crippen LogP contribution in [-0.2, 0) is 0 Å². The van der Waals surface area contributed by atoms with Crippen LogP contribution >= 0.6 is 0 Å². The SMILES string of the molecule is CCCCCCCCOc1ccc(-c2ccc(OCC(C)CC)cc2)c(C(=O)O)c1. The minimum absolute atomic E-state index is 0.253. The maximum Gasteiger partial charge on any atom is 0.336 e. The molecular formula is C26H36O4. The number of carboxylic acid groups (broad SMARTS) is 1. The molecule has 0 aliphatic carbocycles. The van der Waals surface area contributed by atoms with E-state index in [1.54, 1.807) is 6.07 Å². The molecule has 164 valence electrons. The second kappa shape index (κ2) is 12.9. The summed E-state index contributed by atoms with van der Waals surface area (Å²) in [6.45, 7) is 7.81. The van der Waals surface area contributed by atoms with Gasteiger partial charge in [0.1, 0.15) is 11.5 Å². The summed E-state index contributed by atoms with van der Waals surface area (Å²) in [6.07, 6.45) is 8.25. The summed E-state index contributed by atoms with van der Waals surface area (Å²) in [5.41, 5.74) is 1.79. The van der Waals surface area contributed by atoms with Crippen LogP contribution in [0.25, 0.3) is 11.1 Å². The molecule has 0 aliphatic rings. The normalized spacial score (nSPS) is 11.8. The molecule has 0 bridgehead atoms. The monoisotopic (exact) mass is 412 g/mol. The van der Waals surface area contributed by atoms with Crippen LogP contribution in [0.1, 0.15) is 76.1 Å². The molecular weight excluding hydrogens is 376 g/mol. The van der Waals surface area contributed by atoms with Gasteiger partial charge in [0.15, 0.2) is 0 Å². The van der Waals surface area contributed by atoms with Gasteiger partial charge >= 0.3 is 5.97 Å². The van der Waals surface area contributed by atoms with Crippen molar-refractivity contribution >= 4 is 5.97 Å². The largest absolute Gasteiger partial charge is 0.494 e. The maximum atomic E-state index is 11.8. The minimum atomic E-state index is -0.952. The van der Waals surface area contributed by atoms with Crippen LogP contribution in [0.2, 0.25) is 0 Å². The summed E-state index contributed by atoms with van der Waals surface area (Å²) in [5, 5.41) is 9.69. The quantitative estimate of drug-likeness (QED) is 0.333. The lowest BCUT2D eigenvalue weighted by Gasteiger charge is -2.13. The Hall–Kier alpha value is -2.49. The highest BCUT2D eigenvalue weighted by atomic mass is 16.5. The molecule has 30 heavy (non-hydrogen) atoms. The first kappa shape index (κ1) is 23.8. The first-order chi connectivity index (χ1) is 14.5. The number of ether oxygens (including phenoxy) is 2. The fraction of sp³-hybridized carbons (Fsp3) is 0.500. The van der Waals surface area contributed by atoms with Crippen LogP contribution in [0.15, 0.2) is 42.5 Å². The predicted molar refractivity (Wildman–Crippen MR) is 123 cm³/mol. The highest BCUT2D eigenvalue weighted by Gasteiger charge is 2.14. The topological polar surface area (TPSA) is 55.8 Å². The molecule has 0 aromatic heterocycles. The average molecular weight is 413 g/mol. The van der Waals surface area contributed by atoms with Crippen LogP contribution in [-0.4, -0.2) is 24.3 Å². The minimum Gasteiger partial charge on any atom is -0.494 e. The summed E-state index contributed by atoms with van der Waals surface area (Å²) in [6, 6.07) is 12.9. The number of carboxylic acids is 1. The maximum absolute atomic E-state index is 11.8. The smallest absolute Gasteiger partial charge is 0.336 e. The van der Waals surface area contributed by atoms with E-state index in [1.807, 2.05) is 36.4 Å². The number of aromatic carboxylic acids is 1. The Morgan fingerprint density at radius 1 is 0.900 bits per heavy atom. The highest BCUT2D eigenvalue weighted by molar-refractivity contribution is 5.96. The van der Waals surface area contributed by atoms with Crippen LogP contribution in [0.5, 0.6) is 11.5 Å². The van der Waals surface area contributed by atoms with Gasteiger partial charge in [-0.05, 0) is 53.8 Å². The average Bonchev–Trinajstić information content (AvgIpc) is 2.77. The van der Waals surface area contributed by atoms with Crippen molar-refractivity contribution in [2.75, 3.05) is 13.2 Å². The van der Waals surface area contributed by atoms with E-state index in [9.17, 15) is 9.90 Å². The molecule has 0 radical (unpaired) electrons. The Kier molecular flexibility index (Phi) is 10.3. The van der Waals surface area contributed by atoms with Gasteiger partial charge in [0, 0.05) is 0 Å². The van der Waals surface area contributed by atoms with E-state index in [0.29, 0.717) is 30.4 Å². The van der Waals surface area contributed by atoms with Gasteiger partial charge in [-0.3, -0.25) is 0 Å². The van der Waals surface area contributed by atoms with E-state index < -0.39 is 5.97 Å². The summed E-state index contributed by atoms with van der Waals surface area (Å²) in [5.74, 6) is 0.965. The Morgan fingerprint density at radius 2 is 1.57 bits per heavy atom. The first-order valence-electron chi connectivity index (χ1n) is 11.3. The summed E-state index contributed by atoms with van der Waals surface area (Å²) in [4.78, 5) is 11.8. The van der Waals surface area contributed by atoms with E-state index in [0.717, 1.165) is 30.6 Å². The molecule has 1 N–H and O–H groups in total. The summed E-state index contributed by atoms with van der Waals surface area (Å²) < 4.78 is 11.6. The molecule has 1 unspecified atom stereocenters. The lowest BCUT2D eigenvalue weighted by atomic mass is 9.99. The van der Waals surface area contributed by atoms with Crippen molar-refractivity contribution in [3.63, 3.8) is 0 Å². The van der Waals surface area contributed by atoms with Gasteiger partial charge in [-0.1, -0.05) is 71.4 Å². The molecule has 2 rings (SSSR count). The van der Waals surface area contributed by atoms with Crippen molar-refractivity contribution in [2.45, 2.75) is 65.7 Å². The Bertz CT molecular complexity index is 767. The fourth-order valence-electron chi connectivity index (χ4n) is 3.20.